The van der Waals surface area contributed by atoms with Crippen LogP contribution >= 0.6 is 0 Å². The molecule has 0 aliphatic carbocycles. The number of aliphatic hydroxyl groups excluding tert-OH is 1. The van der Waals surface area contributed by atoms with Crippen molar-refractivity contribution < 1.29 is 5.11 Å². The van der Waals surface area contributed by atoms with Gasteiger partial charge in [0.25, 0.3) is 0 Å². The van der Waals surface area contributed by atoms with E-state index in [1.54, 1.807) is 25.1 Å². The number of hydrogen-bond donors (Lipinski definition) is 1. The zero-order valence-corrected chi connectivity index (χ0v) is 11.6. The van der Waals surface area contributed by atoms with Crippen molar-refractivity contribution in [3.8, 4) is 12.1 Å². The fourth-order valence-electron chi connectivity index (χ4n) is 2.04. The SMILES string of the molecule is CC(C)N(CCC#N)c1cc(C#N)ccc1[C@@H](C)O. The second kappa shape index (κ2) is 6.78. The first kappa shape index (κ1) is 15.0. The van der Waals surface area contributed by atoms with Crippen molar-refractivity contribution in [1.82, 2.24) is 0 Å². The van der Waals surface area contributed by atoms with E-state index < -0.39 is 6.10 Å². The van der Waals surface area contributed by atoms with Crippen molar-refractivity contribution in [2.75, 3.05) is 11.4 Å². The summed E-state index contributed by atoms with van der Waals surface area (Å²) < 4.78 is 0. The molecule has 1 aromatic carbocycles. The monoisotopic (exact) mass is 257 g/mol. The molecular weight excluding hydrogens is 238 g/mol. The van der Waals surface area contributed by atoms with E-state index in [0.29, 0.717) is 18.5 Å². The minimum absolute atomic E-state index is 0.194. The van der Waals surface area contributed by atoms with Crippen LogP contribution in [0.3, 0.4) is 0 Å². The predicted molar refractivity (Wildman–Crippen MR) is 74.5 cm³/mol. The van der Waals surface area contributed by atoms with Crippen LogP contribution in [0.5, 0.6) is 0 Å². The van der Waals surface area contributed by atoms with E-state index in [-0.39, 0.29) is 6.04 Å². The minimum Gasteiger partial charge on any atom is -0.389 e. The molecule has 1 N–H and O–H groups in total. The molecular formula is C15H19N3O. The van der Waals surface area contributed by atoms with Gasteiger partial charge in [-0.2, -0.15) is 10.5 Å². The first-order valence-electron chi connectivity index (χ1n) is 6.37. The van der Waals surface area contributed by atoms with E-state index >= 15 is 0 Å². The lowest BCUT2D eigenvalue weighted by Gasteiger charge is -2.31. The van der Waals surface area contributed by atoms with Gasteiger partial charge in [-0.05, 0) is 32.9 Å². The van der Waals surface area contributed by atoms with Crippen LogP contribution < -0.4 is 4.90 Å². The smallest absolute Gasteiger partial charge is 0.0992 e. The molecule has 19 heavy (non-hydrogen) atoms. The van der Waals surface area contributed by atoms with Crippen LogP contribution in [0.15, 0.2) is 18.2 Å². The van der Waals surface area contributed by atoms with Crippen LogP contribution in [0, 0.1) is 22.7 Å². The zero-order valence-electron chi connectivity index (χ0n) is 11.6. The fourth-order valence-corrected chi connectivity index (χ4v) is 2.04. The summed E-state index contributed by atoms with van der Waals surface area (Å²) in [6.45, 7) is 6.35. The molecule has 0 aliphatic heterocycles. The Hall–Kier alpha value is -2.04. The molecule has 4 heteroatoms. The molecule has 1 rings (SSSR count). The third kappa shape index (κ3) is 3.71. The predicted octanol–water partition coefficient (Wildman–Crippen LogP) is 2.74. The lowest BCUT2D eigenvalue weighted by molar-refractivity contribution is 0.199. The molecule has 1 aromatic rings. The van der Waals surface area contributed by atoms with Crippen molar-refractivity contribution in [1.29, 1.82) is 10.5 Å². The molecule has 0 saturated heterocycles. The Labute approximate surface area is 114 Å². The van der Waals surface area contributed by atoms with Gasteiger partial charge in [-0.3, -0.25) is 0 Å². The summed E-state index contributed by atoms with van der Waals surface area (Å²) in [6.07, 6.45) is -0.195. The van der Waals surface area contributed by atoms with Crippen LogP contribution in [0.1, 0.15) is 44.4 Å². The Morgan fingerprint density at radius 1 is 1.26 bits per heavy atom. The Balaban J connectivity index is 3.26. The second-order valence-electron chi connectivity index (χ2n) is 4.76. The Morgan fingerprint density at radius 3 is 2.42 bits per heavy atom. The number of aliphatic hydroxyl groups is 1. The quantitative estimate of drug-likeness (QED) is 0.880. The summed E-state index contributed by atoms with van der Waals surface area (Å²) in [6, 6.07) is 9.69. The Bertz CT molecular complexity index is 509. The number of rotatable bonds is 5. The fraction of sp³-hybridized carbons (Fsp3) is 0.467. The van der Waals surface area contributed by atoms with E-state index in [2.05, 4.69) is 12.1 Å². The largest absolute Gasteiger partial charge is 0.389 e. The number of nitrogens with zero attached hydrogens (tertiary/aromatic N) is 3. The minimum atomic E-state index is -0.605. The lowest BCUT2D eigenvalue weighted by Crippen LogP contribution is -2.32. The van der Waals surface area contributed by atoms with Crippen molar-refractivity contribution in [2.45, 2.75) is 39.3 Å². The molecule has 0 unspecified atom stereocenters. The van der Waals surface area contributed by atoms with Gasteiger partial charge in [0.05, 0.1) is 30.2 Å². The second-order valence-corrected chi connectivity index (χ2v) is 4.76. The van der Waals surface area contributed by atoms with Crippen molar-refractivity contribution in [3.63, 3.8) is 0 Å². The number of hydrogen-bond acceptors (Lipinski definition) is 4. The summed E-state index contributed by atoms with van der Waals surface area (Å²) in [5.74, 6) is 0. The van der Waals surface area contributed by atoms with Crippen molar-refractivity contribution >= 4 is 5.69 Å². The summed E-state index contributed by atoms with van der Waals surface area (Å²) in [5.41, 5.74) is 2.17. The molecule has 1 atom stereocenters. The van der Waals surface area contributed by atoms with Gasteiger partial charge in [0.2, 0.25) is 0 Å². The van der Waals surface area contributed by atoms with Crippen molar-refractivity contribution in [2.24, 2.45) is 0 Å². The molecule has 0 bridgehead atoms. The van der Waals surface area contributed by atoms with Gasteiger partial charge in [-0.25, -0.2) is 0 Å². The normalized spacial score (nSPS) is 11.7. The van der Waals surface area contributed by atoms with Crippen LogP contribution in [0.25, 0.3) is 0 Å². The molecule has 0 amide bonds. The number of nitriles is 2. The highest BCUT2D eigenvalue weighted by Crippen LogP contribution is 2.29. The van der Waals surface area contributed by atoms with Gasteiger partial charge in [0.15, 0.2) is 0 Å². The van der Waals surface area contributed by atoms with Gasteiger partial charge >= 0.3 is 0 Å². The number of anilines is 1. The van der Waals surface area contributed by atoms with Gasteiger partial charge in [-0.15, -0.1) is 0 Å². The summed E-state index contributed by atoms with van der Waals surface area (Å²) in [5, 5.41) is 27.6. The average molecular weight is 257 g/mol. The van der Waals surface area contributed by atoms with E-state index in [1.165, 1.54) is 0 Å². The van der Waals surface area contributed by atoms with Crippen LogP contribution in [-0.2, 0) is 0 Å². The average Bonchev–Trinajstić information content (AvgIpc) is 2.38. The van der Waals surface area contributed by atoms with Crippen LogP contribution in [0.4, 0.5) is 5.69 Å². The molecule has 100 valence electrons. The molecule has 0 aromatic heterocycles. The highest BCUT2D eigenvalue weighted by atomic mass is 16.3. The molecule has 0 spiro atoms. The van der Waals surface area contributed by atoms with Crippen LogP contribution in [-0.4, -0.2) is 17.7 Å². The third-order valence-corrected chi connectivity index (χ3v) is 3.01. The van der Waals surface area contributed by atoms with Crippen LogP contribution in [0.2, 0.25) is 0 Å². The van der Waals surface area contributed by atoms with E-state index in [9.17, 15) is 5.11 Å². The molecule has 0 fully saturated rings. The topological polar surface area (TPSA) is 71.0 Å². The van der Waals surface area contributed by atoms with Crippen molar-refractivity contribution in [3.05, 3.63) is 29.3 Å². The Kier molecular flexibility index (Phi) is 5.36. The van der Waals surface area contributed by atoms with Gasteiger partial charge < -0.3 is 10.0 Å². The van der Waals surface area contributed by atoms with Gasteiger partial charge in [-0.1, -0.05) is 6.07 Å². The molecule has 0 saturated carbocycles. The maximum atomic E-state index is 9.85. The van der Waals surface area contributed by atoms with E-state index in [1.807, 2.05) is 18.7 Å². The lowest BCUT2D eigenvalue weighted by atomic mass is 10.0. The Morgan fingerprint density at radius 2 is 1.95 bits per heavy atom. The molecule has 0 heterocycles. The maximum absolute atomic E-state index is 9.85. The zero-order chi connectivity index (χ0) is 14.4. The summed E-state index contributed by atoms with van der Waals surface area (Å²) in [4.78, 5) is 2.05. The van der Waals surface area contributed by atoms with Gasteiger partial charge in [0.1, 0.15) is 0 Å². The molecule has 0 radical (unpaired) electrons. The standard InChI is InChI=1S/C15H19N3O/c1-11(2)18(8-4-7-16)15-9-13(10-17)5-6-14(15)12(3)19/h5-6,9,11-12,19H,4,8H2,1-3H3/t12-/m1/s1. The highest BCUT2D eigenvalue weighted by Gasteiger charge is 2.17. The first-order valence-corrected chi connectivity index (χ1v) is 6.37. The third-order valence-electron chi connectivity index (χ3n) is 3.01. The summed E-state index contributed by atoms with van der Waals surface area (Å²) >= 11 is 0. The molecule has 0 aliphatic rings. The van der Waals surface area contributed by atoms with E-state index in [4.69, 9.17) is 10.5 Å². The van der Waals surface area contributed by atoms with Gasteiger partial charge in [0, 0.05) is 23.8 Å². The highest BCUT2D eigenvalue weighted by molar-refractivity contribution is 5.59. The first-order chi connectivity index (χ1) is 9.01. The maximum Gasteiger partial charge on any atom is 0.0992 e. The molecule has 4 nitrogen and oxygen atoms in total. The van der Waals surface area contributed by atoms with E-state index in [0.717, 1.165) is 11.3 Å². The number of benzene rings is 1. The summed E-state index contributed by atoms with van der Waals surface area (Å²) in [7, 11) is 0.